The minimum Gasteiger partial charge on any atom is -0.309 e. The molecule has 0 saturated heterocycles. The second-order valence-electron chi connectivity index (χ2n) is 14.5. The molecule has 0 N–H and O–H groups in total. The van der Waals surface area contributed by atoms with E-state index in [2.05, 4.69) is 182 Å². The van der Waals surface area contributed by atoms with Crippen LogP contribution in [-0.2, 0) is 5.41 Å². The monoisotopic (exact) mass is 667 g/mol. The Bertz CT molecular complexity index is 3030. The summed E-state index contributed by atoms with van der Waals surface area (Å²) in [6, 6.07) is 60.9. The van der Waals surface area contributed by atoms with Crippen molar-refractivity contribution in [3.05, 3.63) is 175 Å². The lowest BCUT2D eigenvalue weighted by Crippen LogP contribution is -2.14. The molecule has 0 spiro atoms. The molecule has 0 radical (unpaired) electrons. The average Bonchev–Trinajstić information content (AvgIpc) is 3.81. The maximum atomic E-state index is 2.50. The van der Waals surface area contributed by atoms with Gasteiger partial charge in [-0.05, 0) is 87.0 Å². The minimum absolute atomic E-state index is 0.0491. The molecule has 1 nitrogen and oxygen atoms in total. The van der Waals surface area contributed by atoms with Crippen LogP contribution in [0, 0.1) is 0 Å². The minimum atomic E-state index is -0.0491. The third kappa shape index (κ3) is 4.03. The molecule has 10 aromatic rings. The van der Waals surface area contributed by atoms with Crippen molar-refractivity contribution in [2.45, 2.75) is 19.3 Å². The van der Waals surface area contributed by atoms with Gasteiger partial charge in [-0.2, -0.15) is 0 Å². The van der Waals surface area contributed by atoms with E-state index >= 15 is 0 Å². The van der Waals surface area contributed by atoms with E-state index in [1.165, 1.54) is 103 Å². The molecule has 0 saturated carbocycles. The third-order valence-corrected chi connectivity index (χ3v) is 12.6. The van der Waals surface area contributed by atoms with Crippen LogP contribution in [0.4, 0.5) is 0 Å². The van der Waals surface area contributed by atoms with Crippen LogP contribution in [0.3, 0.4) is 0 Å². The van der Waals surface area contributed by atoms with Gasteiger partial charge in [-0.15, -0.1) is 11.3 Å². The lowest BCUT2D eigenvalue weighted by Gasteiger charge is -2.22. The molecule has 0 atom stereocenters. The molecular formula is C49H33NS. The van der Waals surface area contributed by atoms with Crippen molar-refractivity contribution in [2.75, 3.05) is 0 Å². The van der Waals surface area contributed by atoms with E-state index in [1.807, 2.05) is 11.3 Å². The SMILES string of the molecule is CC1(C)c2ccccc2-c2ccc(-c3ccc4c(c3)c3c5c6cc(-c7ccccc7)ccc6sc5c5ccccc5c3n4-c3ccccc3)cc21. The Kier molecular flexibility index (Phi) is 5.95. The highest BCUT2D eigenvalue weighted by Gasteiger charge is 2.35. The van der Waals surface area contributed by atoms with Crippen molar-refractivity contribution in [2.24, 2.45) is 0 Å². The Morgan fingerprint density at radius 1 is 0.451 bits per heavy atom. The van der Waals surface area contributed by atoms with Gasteiger partial charge in [0.15, 0.2) is 0 Å². The Balaban J connectivity index is 1.27. The molecular weight excluding hydrogens is 635 g/mol. The van der Waals surface area contributed by atoms with Gasteiger partial charge in [0.25, 0.3) is 0 Å². The fourth-order valence-corrected chi connectivity index (χ4v) is 10.2. The van der Waals surface area contributed by atoms with E-state index in [9.17, 15) is 0 Å². The van der Waals surface area contributed by atoms with Gasteiger partial charge in [0.05, 0.1) is 11.0 Å². The van der Waals surface area contributed by atoms with Crippen molar-refractivity contribution in [1.82, 2.24) is 4.57 Å². The van der Waals surface area contributed by atoms with Crippen molar-refractivity contribution >= 4 is 64.1 Å². The molecule has 0 amide bonds. The standard InChI is InChI=1S/C49H33NS/c1-49(2)41-20-12-11-17-35(41)36-24-21-33(29-42(36)49)32-22-25-43-39(27-32)45-46-40-28-31(30-13-5-3-6-14-30)23-26-44(40)51-48(46)38-19-10-9-18-37(38)47(45)50(43)34-15-7-4-8-16-34/h3-29H,1-2H3. The fraction of sp³-hybridized carbons (Fsp3) is 0.0612. The van der Waals surface area contributed by atoms with Crippen LogP contribution < -0.4 is 0 Å². The number of benzene rings is 8. The van der Waals surface area contributed by atoms with E-state index < -0.39 is 0 Å². The summed E-state index contributed by atoms with van der Waals surface area (Å²) < 4.78 is 5.18. The van der Waals surface area contributed by atoms with Crippen LogP contribution in [0.5, 0.6) is 0 Å². The largest absolute Gasteiger partial charge is 0.309 e. The first-order valence-electron chi connectivity index (χ1n) is 17.8. The van der Waals surface area contributed by atoms with Gasteiger partial charge in [0.1, 0.15) is 0 Å². The molecule has 51 heavy (non-hydrogen) atoms. The molecule has 2 heteroatoms. The number of fused-ring (bicyclic) bond motifs is 13. The molecule has 0 aliphatic heterocycles. The van der Waals surface area contributed by atoms with E-state index in [0.717, 1.165) is 0 Å². The van der Waals surface area contributed by atoms with Crippen LogP contribution in [0.1, 0.15) is 25.0 Å². The summed E-state index contributed by atoms with van der Waals surface area (Å²) >= 11 is 1.92. The number of aromatic nitrogens is 1. The topological polar surface area (TPSA) is 4.93 Å². The number of hydrogen-bond acceptors (Lipinski definition) is 1. The molecule has 1 aliphatic carbocycles. The zero-order valence-corrected chi connectivity index (χ0v) is 29.3. The van der Waals surface area contributed by atoms with Gasteiger partial charge in [0.2, 0.25) is 0 Å². The van der Waals surface area contributed by atoms with Crippen LogP contribution in [0.2, 0.25) is 0 Å². The van der Waals surface area contributed by atoms with Crippen molar-refractivity contribution < 1.29 is 0 Å². The summed E-state index contributed by atoms with van der Waals surface area (Å²) in [5.41, 5.74) is 14.1. The molecule has 0 unspecified atom stereocenters. The second-order valence-corrected chi connectivity index (χ2v) is 15.5. The van der Waals surface area contributed by atoms with Gasteiger partial charge in [0, 0.05) is 52.8 Å². The summed E-state index contributed by atoms with van der Waals surface area (Å²) in [4.78, 5) is 0. The number of para-hydroxylation sites is 1. The normalized spacial score (nSPS) is 13.5. The maximum absolute atomic E-state index is 2.50. The van der Waals surface area contributed by atoms with Crippen molar-refractivity contribution in [1.29, 1.82) is 0 Å². The molecule has 1 aliphatic rings. The zero-order chi connectivity index (χ0) is 33.8. The van der Waals surface area contributed by atoms with Gasteiger partial charge < -0.3 is 4.57 Å². The first-order valence-corrected chi connectivity index (χ1v) is 18.6. The second kappa shape index (κ2) is 10.5. The Labute approximate surface area is 300 Å². The summed E-state index contributed by atoms with van der Waals surface area (Å²) in [6.07, 6.45) is 0. The molecule has 11 rings (SSSR count). The Morgan fingerprint density at radius 2 is 1.08 bits per heavy atom. The van der Waals surface area contributed by atoms with Gasteiger partial charge in [-0.25, -0.2) is 0 Å². The first-order chi connectivity index (χ1) is 25.1. The van der Waals surface area contributed by atoms with Crippen LogP contribution in [-0.4, -0.2) is 4.57 Å². The lowest BCUT2D eigenvalue weighted by atomic mass is 9.81. The zero-order valence-electron chi connectivity index (χ0n) is 28.4. The number of nitrogens with zero attached hydrogens (tertiary/aromatic N) is 1. The maximum Gasteiger partial charge on any atom is 0.0626 e. The van der Waals surface area contributed by atoms with E-state index in [0.29, 0.717) is 0 Å². The molecule has 0 fully saturated rings. The highest BCUT2D eigenvalue weighted by atomic mass is 32.1. The summed E-state index contributed by atoms with van der Waals surface area (Å²) in [5.74, 6) is 0. The van der Waals surface area contributed by atoms with Crippen molar-refractivity contribution in [3.8, 4) is 39.1 Å². The average molecular weight is 668 g/mol. The van der Waals surface area contributed by atoms with Crippen LogP contribution in [0.15, 0.2) is 164 Å². The first kappa shape index (κ1) is 28.8. The molecule has 240 valence electrons. The molecule has 0 bridgehead atoms. The highest BCUT2D eigenvalue weighted by molar-refractivity contribution is 7.27. The van der Waals surface area contributed by atoms with E-state index in [4.69, 9.17) is 0 Å². The highest BCUT2D eigenvalue weighted by Crippen LogP contribution is 2.51. The summed E-state index contributed by atoms with van der Waals surface area (Å²) in [6.45, 7) is 4.73. The smallest absolute Gasteiger partial charge is 0.0626 e. The quantitative estimate of drug-likeness (QED) is 0.177. The summed E-state index contributed by atoms with van der Waals surface area (Å²) in [5, 5.41) is 7.88. The van der Waals surface area contributed by atoms with Crippen molar-refractivity contribution in [3.63, 3.8) is 0 Å². The summed E-state index contributed by atoms with van der Waals surface area (Å²) in [7, 11) is 0. The predicted molar refractivity (Wildman–Crippen MR) is 220 cm³/mol. The number of thiophene rings is 1. The molecule has 2 heterocycles. The van der Waals surface area contributed by atoms with Gasteiger partial charge in [-0.1, -0.05) is 135 Å². The van der Waals surface area contributed by atoms with Gasteiger partial charge >= 0.3 is 0 Å². The number of rotatable bonds is 3. The fourth-order valence-electron chi connectivity index (χ4n) is 8.94. The van der Waals surface area contributed by atoms with Gasteiger partial charge in [-0.3, -0.25) is 0 Å². The Morgan fingerprint density at radius 3 is 1.92 bits per heavy atom. The number of hydrogen-bond donors (Lipinski definition) is 0. The molecule has 8 aromatic carbocycles. The van der Waals surface area contributed by atoms with E-state index in [1.54, 1.807) is 0 Å². The third-order valence-electron chi connectivity index (χ3n) is 11.4. The molecule has 2 aromatic heterocycles. The Hall–Kier alpha value is -5.96. The van der Waals surface area contributed by atoms with Crippen LogP contribution in [0.25, 0.3) is 91.8 Å². The predicted octanol–water partition coefficient (Wildman–Crippen LogP) is 13.9. The van der Waals surface area contributed by atoms with Crippen LogP contribution >= 0.6 is 11.3 Å². The lowest BCUT2D eigenvalue weighted by molar-refractivity contribution is 0.660. The van der Waals surface area contributed by atoms with E-state index in [-0.39, 0.29) is 5.41 Å².